The summed E-state index contributed by atoms with van der Waals surface area (Å²) in [7, 11) is 3.24. The lowest BCUT2D eigenvalue weighted by molar-refractivity contribution is 0.281. The molecule has 4 rings (SSSR count). The van der Waals surface area contributed by atoms with Gasteiger partial charge in [0.05, 0.1) is 26.3 Å². The van der Waals surface area contributed by atoms with E-state index in [0.717, 1.165) is 16.7 Å². The zero-order chi connectivity index (χ0) is 23.2. The van der Waals surface area contributed by atoms with Crippen molar-refractivity contribution >= 4 is 23.8 Å². The van der Waals surface area contributed by atoms with Crippen molar-refractivity contribution in [3.05, 3.63) is 87.7 Å². The Bertz CT molecular complexity index is 1300. The molecule has 3 aromatic carbocycles. The van der Waals surface area contributed by atoms with Gasteiger partial charge in [0.1, 0.15) is 12.4 Å². The van der Waals surface area contributed by atoms with Crippen molar-refractivity contribution in [3.63, 3.8) is 0 Å². The maximum atomic E-state index is 6.15. The first kappa shape index (κ1) is 22.7. The van der Waals surface area contributed by atoms with Crippen LogP contribution in [0.2, 0.25) is 5.02 Å². The van der Waals surface area contributed by atoms with E-state index in [9.17, 15) is 0 Å². The summed E-state index contributed by atoms with van der Waals surface area (Å²) in [4.78, 5) is 0. The van der Waals surface area contributed by atoms with E-state index >= 15 is 0 Å². The lowest BCUT2D eigenvalue weighted by Crippen LogP contribution is -2.17. The molecule has 0 fully saturated rings. The minimum Gasteiger partial charge on any atom is -0.496 e. The van der Waals surface area contributed by atoms with E-state index in [2.05, 4.69) is 15.6 Å². The summed E-state index contributed by atoms with van der Waals surface area (Å²) in [6.07, 6.45) is 0. The Balaban J connectivity index is 1.60. The molecule has 0 aliphatic rings. The van der Waals surface area contributed by atoms with Crippen LogP contribution >= 0.6 is 23.8 Å². The van der Waals surface area contributed by atoms with Crippen molar-refractivity contribution in [1.82, 2.24) is 14.9 Å². The number of rotatable bonds is 9. The van der Waals surface area contributed by atoms with Gasteiger partial charge in [0, 0.05) is 10.6 Å². The summed E-state index contributed by atoms with van der Waals surface area (Å²) in [5.74, 6) is 2.58. The summed E-state index contributed by atoms with van der Waals surface area (Å²) < 4.78 is 19.3. The molecule has 2 N–H and O–H groups in total. The summed E-state index contributed by atoms with van der Waals surface area (Å²) in [5, 5.41) is 7.89. The third-order valence-corrected chi connectivity index (χ3v) is 5.51. The molecule has 0 atom stereocenters. The molecular formula is C24H23ClN4O3S. The van der Waals surface area contributed by atoms with Crippen molar-refractivity contribution in [1.29, 1.82) is 0 Å². The van der Waals surface area contributed by atoms with Crippen LogP contribution in [0, 0.1) is 4.77 Å². The number of nitrogens with one attached hydrogen (secondary N) is 2. The second kappa shape index (κ2) is 10.4. The highest BCUT2D eigenvalue weighted by atomic mass is 35.5. The van der Waals surface area contributed by atoms with Crippen molar-refractivity contribution in [2.45, 2.75) is 13.2 Å². The molecule has 0 saturated carbocycles. The quantitative estimate of drug-likeness (QED) is 0.302. The lowest BCUT2D eigenvalue weighted by Gasteiger charge is -2.17. The van der Waals surface area contributed by atoms with Crippen LogP contribution in [-0.4, -0.2) is 29.1 Å². The second-order valence-corrected chi connectivity index (χ2v) is 7.91. The first-order valence-electron chi connectivity index (χ1n) is 10.2. The van der Waals surface area contributed by atoms with Crippen molar-refractivity contribution in [2.75, 3.05) is 19.6 Å². The third-order valence-electron chi connectivity index (χ3n) is 5.00. The Kier molecular flexibility index (Phi) is 7.16. The number of ether oxygens (including phenoxy) is 3. The van der Waals surface area contributed by atoms with E-state index in [1.54, 1.807) is 18.9 Å². The van der Waals surface area contributed by atoms with Crippen molar-refractivity contribution < 1.29 is 14.2 Å². The smallest absolute Gasteiger partial charge is 0.214 e. The van der Waals surface area contributed by atoms with Crippen LogP contribution in [0.1, 0.15) is 11.1 Å². The molecule has 9 heteroatoms. The van der Waals surface area contributed by atoms with Gasteiger partial charge in [0.2, 0.25) is 4.77 Å². The summed E-state index contributed by atoms with van der Waals surface area (Å²) in [6, 6.07) is 20.9. The number of aromatic nitrogens is 3. The number of nitrogens with zero attached hydrogens (tertiary/aromatic N) is 2. The standard InChI is InChI=1S/C24H23ClN4O3S/c1-30-20-11-4-3-10-19(20)23-27-28-24(33)29(23)26-14-17-8-6-12-21(31-2)22(17)32-15-16-7-5-9-18(25)13-16/h3-13,26H,14-15H2,1-2H3,(H,28,33). The number of benzene rings is 3. The van der Waals surface area contributed by atoms with Crippen LogP contribution in [-0.2, 0) is 13.2 Å². The fourth-order valence-corrected chi connectivity index (χ4v) is 3.83. The van der Waals surface area contributed by atoms with Gasteiger partial charge in [0.25, 0.3) is 0 Å². The average molecular weight is 483 g/mol. The van der Waals surface area contributed by atoms with E-state index in [1.165, 1.54) is 0 Å². The number of para-hydroxylation sites is 2. The van der Waals surface area contributed by atoms with Gasteiger partial charge >= 0.3 is 0 Å². The van der Waals surface area contributed by atoms with E-state index in [-0.39, 0.29) is 0 Å². The summed E-state index contributed by atoms with van der Waals surface area (Å²) >= 11 is 11.6. The van der Waals surface area contributed by atoms with E-state index in [0.29, 0.717) is 46.0 Å². The molecule has 170 valence electrons. The molecule has 0 radical (unpaired) electrons. The van der Waals surface area contributed by atoms with Gasteiger partial charge < -0.3 is 19.6 Å². The second-order valence-electron chi connectivity index (χ2n) is 7.09. The Morgan fingerprint density at radius 3 is 2.55 bits per heavy atom. The molecular weight excluding hydrogens is 460 g/mol. The molecule has 0 unspecified atom stereocenters. The fraction of sp³-hybridized carbons (Fsp3) is 0.167. The molecule has 0 spiro atoms. The molecule has 1 heterocycles. The highest BCUT2D eigenvalue weighted by Gasteiger charge is 2.15. The summed E-state index contributed by atoms with van der Waals surface area (Å²) in [5.41, 5.74) is 6.00. The monoisotopic (exact) mass is 482 g/mol. The molecule has 0 bridgehead atoms. The number of methoxy groups -OCH3 is 2. The zero-order valence-corrected chi connectivity index (χ0v) is 19.7. The Hall–Kier alpha value is -3.49. The van der Waals surface area contributed by atoms with Crippen LogP contribution < -0.4 is 19.6 Å². The normalized spacial score (nSPS) is 10.6. The van der Waals surface area contributed by atoms with Gasteiger partial charge in [-0.3, -0.25) is 0 Å². The Labute approximate surface area is 201 Å². The molecule has 0 amide bonds. The van der Waals surface area contributed by atoms with Gasteiger partial charge in [-0.05, 0) is 48.1 Å². The Morgan fingerprint density at radius 1 is 1.00 bits per heavy atom. The van der Waals surface area contributed by atoms with E-state index in [1.807, 2.05) is 66.7 Å². The maximum Gasteiger partial charge on any atom is 0.214 e. The minimum absolute atomic E-state index is 0.353. The largest absolute Gasteiger partial charge is 0.496 e. The number of hydrogen-bond donors (Lipinski definition) is 2. The van der Waals surface area contributed by atoms with Crippen LogP contribution in [0.5, 0.6) is 17.2 Å². The fourth-order valence-electron chi connectivity index (χ4n) is 3.43. The first-order valence-corrected chi connectivity index (χ1v) is 11.0. The van der Waals surface area contributed by atoms with Gasteiger partial charge in [-0.15, -0.1) is 0 Å². The predicted octanol–water partition coefficient (Wildman–Crippen LogP) is 5.60. The van der Waals surface area contributed by atoms with Crippen LogP contribution in [0.15, 0.2) is 66.7 Å². The lowest BCUT2D eigenvalue weighted by atomic mass is 10.1. The summed E-state index contributed by atoms with van der Waals surface area (Å²) in [6.45, 7) is 0.767. The predicted molar refractivity (Wildman–Crippen MR) is 131 cm³/mol. The van der Waals surface area contributed by atoms with Crippen LogP contribution in [0.25, 0.3) is 11.4 Å². The first-order chi connectivity index (χ1) is 16.1. The van der Waals surface area contributed by atoms with Crippen LogP contribution in [0.3, 0.4) is 0 Å². The SMILES string of the molecule is COc1ccccc1-c1n[nH]c(=S)n1NCc1cccc(OC)c1OCc1cccc(Cl)c1. The van der Waals surface area contributed by atoms with Crippen LogP contribution in [0.4, 0.5) is 0 Å². The molecule has 0 aliphatic carbocycles. The molecule has 4 aromatic rings. The van der Waals surface area contributed by atoms with E-state index < -0.39 is 0 Å². The molecule has 33 heavy (non-hydrogen) atoms. The maximum absolute atomic E-state index is 6.15. The molecule has 0 saturated heterocycles. The number of halogens is 1. The highest BCUT2D eigenvalue weighted by Crippen LogP contribution is 2.33. The van der Waals surface area contributed by atoms with Crippen molar-refractivity contribution in [3.8, 4) is 28.6 Å². The van der Waals surface area contributed by atoms with Gasteiger partial charge in [-0.2, -0.15) is 5.10 Å². The minimum atomic E-state index is 0.353. The number of H-pyrrole nitrogens is 1. The molecule has 7 nitrogen and oxygen atoms in total. The Morgan fingerprint density at radius 2 is 1.76 bits per heavy atom. The third kappa shape index (κ3) is 5.13. The topological polar surface area (TPSA) is 73.3 Å². The highest BCUT2D eigenvalue weighted by molar-refractivity contribution is 7.71. The number of hydrogen-bond acceptors (Lipinski definition) is 6. The van der Waals surface area contributed by atoms with Gasteiger partial charge in [-0.25, -0.2) is 9.77 Å². The van der Waals surface area contributed by atoms with E-state index in [4.69, 9.17) is 38.0 Å². The molecule has 0 aliphatic heterocycles. The average Bonchev–Trinajstić information content (AvgIpc) is 3.21. The van der Waals surface area contributed by atoms with Gasteiger partial charge in [-0.1, -0.05) is 48.0 Å². The van der Waals surface area contributed by atoms with Crippen molar-refractivity contribution in [2.24, 2.45) is 0 Å². The zero-order valence-electron chi connectivity index (χ0n) is 18.2. The number of aromatic amines is 1. The van der Waals surface area contributed by atoms with Gasteiger partial charge in [0.15, 0.2) is 17.3 Å². The molecule has 1 aromatic heterocycles.